The summed E-state index contributed by atoms with van der Waals surface area (Å²) in [5.74, 6) is 8.72. The molecular formula is C22H29N3O. The molecule has 138 valence electrons. The molecule has 0 unspecified atom stereocenters. The van der Waals surface area contributed by atoms with Crippen LogP contribution in [-0.2, 0) is 5.41 Å². The highest BCUT2D eigenvalue weighted by Crippen LogP contribution is 2.50. The maximum atomic E-state index is 5.70. The molecule has 1 saturated carbocycles. The molecule has 0 radical (unpaired) electrons. The zero-order valence-electron chi connectivity index (χ0n) is 16.0. The summed E-state index contributed by atoms with van der Waals surface area (Å²) in [5.41, 5.74) is 3.54. The van der Waals surface area contributed by atoms with Gasteiger partial charge in [0.05, 0.1) is 24.6 Å². The van der Waals surface area contributed by atoms with E-state index in [4.69, 9.17) is 4.74 Å². The molecule has 2 heterocycles. The molecule has 2 aliphatic heterocycles. The van der Waals surface area contributed by atoms with Crippen molar-refractivity contribution < 1.29 is 4.74 Å². The third-order valence-corrected chi connectivity index (χ3v) is 6.22. The van der Waals surface area contributed by atoms with Crippen LogP contribution in [0.15, 0.2) is 17.1 Å². The molecule has 0 atom stereocenters. The summed E-state index contributed by atoms with van der Waals surface area (Å²) in [6.45, 7) is 3.20. The Morgan fingerprint density at radius 3 is 2.62 bits per heavy atom. The summed E-state index contributed by atoms with van der Waals surface area (Å²) in [6.07, 6.45) is 8.83. The number of piperidine rings is 1. The first-order valence-electron chi connectivity index (χ1n) is 9.95. The second kappa shape index (κ2) is 7.32. The van der Waals surface area contributed by atoms with Crippen LogP contribution in [0.3, 0.4) is 0 Å². The summed E-state index contributed by atoms with van der Waals surface area (Å²) >= 11 is 0. The molecule has 26 heavy (non-hydrogen) atoms. The fourth-order valence-electron chi connectivity index (χ4n) is 4.84. The fraction of sp³-hybridized carbons (Fsp3) is 0.591. The lowest BCUT2D eigenvalue weighted by Crippen LogP contribution is -2.31. The molecule has 0 amide bonds. The number of likely N-dealkylation sites (tertiary alicyclic amines) is 1. The molecule has 2 fully saturated rings. The maximum Gasteiger partial charge on any atom is 0.134 e. The molecule has 1 aliphatic carbocycles. The predicted molar refractivity (Wildman–Crippen MR) is 107 cm³/mol. The topological polar surface area (TPSA) is 36.9 Å². The van der Waals surface area contributed by atoms with E-state index in [0.717, 1.165) is 29.4 Å². The maximum absolute atomic E-state index is 5.70. The highest BCUT2D eigenvalue weighted by molar-refractivity contribution is 6.10. The van der Waals surface area contributed by atoms with Gasteiger partial charge in [-0.05, 0) is 56.5 Å². The number of methoxy groups -OCH3 is 1. The van der Waals surface area contributed by atoms with E-state index < -0.39 is 0 Å². The molecule has 1 aromatic carbocycles. The number of rotatable bonds is 2. The highest BCUT2D eigenvalue weighted by Gasteiger charge is 2.46. The van der Waals surface area contributed by atoms with Crippen LogP contribution in [0.25, 0.3) is 0 Å². The van der Waals surface area contributed by atoms with E-state index in [2.05, 4.69) is 39.2 Å². The molecule has 3 aliphatic rings. The van der Waals surface area contributed by atoms with Gasteiger partial charge in [-0.25, -0.2) is 0 Å². The van der Waals surface area contributed by atoms with Crippen molar-refractivity contribution in [1.82, 2.24) is 4.90 Å². The first-order chi connectivity index (χ1) is 12.8. The van der Waals surface area contributed by atoms with E-state index in [1.165, 1.54) is 63.6 Å². The van der Waals surface area contributed by atoms with Crippen LogP contribution >= 0.6 is 0 Å². The smallest absolute Gasteiger partial charge is 0.134 e. The van der Waals surface area contributed by atoms with Crippen LogP contribution in [0.2, 0.25) is 0 Å². The van der Waals surface area contributed by atoms with Crippen LogP contribution in [0.5, 0.6) is 5.75 Å². The van der Waals surface area contributed by atoms with Gasteiger partial charge in [-0.1, -0.05) is 31.1 Å². The van der Waals surface area contributed by atoms with Crippen molar-refractivity contribution in [3.05, 3.63) is 23.3 Å². The molecule has 1 saturated heterocycles. The summed E-state index contributed by atoms with van der Waals surface area (Å²) in [6, 6.07) is 4.37. The second-order valence-corrected chi connectivity index (χ2v) is 7.72. The minimum absolute atomic E-state index is 0.0666. The number of amidine groups is 1. The van der Waals surface area contributed by atoms with Gasteiger partial charge in [-0.2, -0.15) is 0 Å². The van der Waals surface area contributed by atoms with Gasteiger partial charge in [0.25, 0.3) is 0 Å². The Balaban J connectivity index is 1.62. The lowest BCUT2D eigenvalue weighted by Gasteiger charge is -2.24. The van der Waals surface area contributed by atoms with Crippen molar-refractivity contribution in [1.29, 1.82) is 0 Å². The average molecular weight is 351 g/mol. The zero-order valence-corrected chi connectivity index (χ0v) is 16.0. The summed E-state index contributed by atoms with van der Waals surface area (Å²) in [4.78, 5) is 7.02. The number of nitrogens with one attached hydrogen (secondary N) is 1. The van der Waals surface area contributed by atoms with Crippen LogP contribution in [0.4, 0.5) is 5.69 Å². The number of aliphatic imine (C=N–C) groups is 1. The SMILES string of the molecule is CN=C1Nc2cc(C#CCN3CCCCC3)c(OC)cc2C12CCCC2. The lowest BCUT2D eigenvalue weighted by molar-refractivity contribution is 0.255. The number of benzene rings is 1. The molecule has 4 heteroatoms. The zero-order chi connectivity index (χ0) is 18.0. The predicted octanol–water partition coefficient (Wildman–Crippen LogP) is 3.80. The fourth-order valence-corrected chi connectivity index (χ4v) is 4.84. The van der Waals surface area contributed by atoms with Crippen LogP contribution < -0.4 is 10.1 Å². The summed E-state index contributed by atoms with van der Waals surface area (Å²) in [5, 5.41) is 3.56. The van der Waals surface area contributed by atoms with Crippen molar-refractivity contribution in [2.24, 2.45) is 4.99 Å². The second-order valence-electron chi connectivity index (χ2n) is 7.72. The van der Waals surface area contributed by atoms with Gasteiger partial charge >= 0.3 is 0 Å². The minimum atomic E-state index is 0.0666. The van der Waals surface area contributed by atoms with Gasteiger partial charge in [-0.15, -0.1) is 0 Å². The van der Waals surface area contributed by atoms with Gasteiger partial charge in [0.1, 0.15) is 11.6 Å². The average Bonchev–Trinajstić information content (AvgIpc) is 3.28. The minimum Gasteiger partial charge on any atom is -0.495 e. The van der Waals surface area contributed by atoms with E-state index in [1.807, 2.05) is 7.05 Å². The number of ether oxygens (including phenoxy) is 1. The largest absolute Gasteiger partial charge is 0.495 e. The molecule has 1 N–H and O–H groups in total. The number of nitrogens with zero attached hydrogens (tertiary/aromatic N) is 2. The normalized spacial score (nSPS) is 22.8. The van der Waals surface area contributed by atoms with Gasteiger partial charge in [0, 0.05) is 12.7 Å². The van der Waals surface area contributed by atoms with Crippen LogP contribution in [0, 0.1) is 11.8 Å². The lowest BCUT2D eigenvalue weighted by atomic mass is 9.79. The van der Waals surface area contributed by atoms with E-state index in [0.29, 0.717) is 0 Å². The molecule has 0 bridgehead atoms. The van der Waals surface area contributed by atoms with Crippen molar-refractivity contribution >= 4 is 11.5 Å². The van der Waals surface area contributed by atoms with Crippen LogP contribution in [0.1, 0.15) is 56.1 Å². The number of fused-ring (bicyclic) bond motifs is 2. The summed E-state index contributed by atoms with van der Waals surface area (Å²) in [7, 11) is 3.64. The number of anilines is 1. The van der Waals surface area contributed by atoms with Crippen molar-refractivity contribution in [2.75, 3.05) is 39.1 Å². The van der Waals surface area contributed by atoms with E-state index >= 15 is 0 Å². The highest BCUT2D eigenvalue weighted by atomic mass is 16.5. The Hall–Kier alpha value is -1.99. The molecule has 4 nitrogen and oxygen atoms in total. The number of hydrogen-bond donors (Lipinski definition) is 1. The molecular weight excluding hydrogens is 322 g/mol. The van der Waals surface area contributed by atoms with Crippen molar-refractivity contribution in [3.8, 4) is 17.6 Å². The Kier molecular flexibility index (Phi) is 4.91. The first kappa shape index (κ1) is 17.4. The van der Waals surface area contributed by atoms with E-state index in [-0.39, 0.29) is 5.41 Å². The number of hydrogen-bond acceptors (Lipinski definition) is 3. The van der Waals surface area contributed by atoms with Gasteiger partial charge in [0.15, 0.2) is 0 Å². The molecule has 4 rings (SSSR count). The summed E-state index contributed by atoms with van der Waals surface area (Å²) < 4.78 is 5.70. The Bertz CT molecular complexity index is 760. The third kappa shape index (κ3) is 2.99. The molecule has 1 aromatic rings. The molecule has 1 spiro atoms. The van der Waals surface area contributed by atoms with Gasteiger partial charge in [0.2, 0.25) is 0 Å². The van der Waals surface area contributed by atoms with Crippen molar-refractivity contribution in [3.63, 3.8) is 0 Å². The van der Waals surface area contributed by atoms with Gasteiger partial charge in [-0.3, -0.25) is 9.89 Å². The van der Waals surface area contributed by atoms with Crippen molar-refractivity contribution in [2.45, 2.75) is 50.4 Å². The monoisotopic (exact) mass is 351 g/mol. The Morgan fingerprint density at radius 2 is 1.92 bits per heavy atom. The van der Waals surface area contributed by atoms with E-state index in [1.54, 1.807) is 7.11 Å². The first-order valence-corrected chi connectivity index (χ1v) is 9.95. The van der Waals surface area contributed by atoms with Crippen LogP contribution in [-0.4, -0.2) is 44.5 Å². The van der Waals surface area contributed by atoms with Gasteiger partial charge < -0.3 is 10.1 Å². The Morgan fingerprint density at radius 1 is 1.15 bits per heavy atom. The standard InChI is InChI=1S/C22H29N3O/c1-23-21-22(10-4-5-11-22)18-16-20(26-2)17(15-19(18)24-21)9-8-14-25-12-6-3-7-13-25/h15-16H,3-7,10-14H2,1-2H3,(H,23,24). The molecule has 0 aromatic heterocycles. The Labute approximate surface area is 157 Å². The quantitative estimate of drug-likeness (QED) is 0.824. The third-order valence-electron chi connectivity index (χ3n) is 6.22. The van der Waals surface area contributed by atoms with E-state index in [9.17, 15) is 0 Å².